The first-order valence-corrected chi connectivity index (χ1v) is 5.59. The molecular formula is C11H18N4O3. The van der Waals surface area contributed by atoms with Crippen molar-refractivity contribution in [2.24, 2.45) is 5.73 Å². The van der Waals surface area contributed by atoms with Crippen molar-refractivity contribution in [1.29, 1.82) is 0 Å². The molecule has 0 saturated heterocycles. The van der Waals surface area contributed by atoms with Gasteiger partial charge in [0.05, 0.1) is 12.2 Å². The van der Waals surface area contributed by atoms with Crippen molar-refractivity contribution in [3.05, 3.63) is 18.0 Å². The summed E-state index contributed by atoms with van der Waals surface area (Å²) in [5.41, 5.74) is 11.5. The molecule has 7 heteroatoms. The number of anilines is 1. The first-order chi connectivity index (χ1) is 8.41. The van der Waals surface area contributed by atoms with Gasteiger partial charge in [0.15, 0.2) is 0 Å². The molecule has 1 aromatic heterocycles. The predicted molar refractivity (Wildman–Crippen MR) is 67.1 cm³/mol. The van der Waals surface area contributed by atoms with Gasteiger partial charge in [-0.2, -0.15) is 0 Å². The molecule has 0 saturated carbocycles. The lowest BCUT2D eigenvalue weighted by atomic mass is 10.3. The van der Waals surface area contributed by atoms with Gasteiger partial charge in [-0.05, 0) is 19.9 Å². The smallest absolute Gasteiger partial charge is 0.404 e. The summed E-state index contributed by atoms with van der Waals surface area (Å²) in [5.74, 6) is -0.270. The molecule has 2 amide bonds. The van der Waals surface area contributed by atoms with Gasteiger partial charge in [-0.25, -0.2) is 4.79 Å². The topological polar surface area (TPSA) is 112 Å². The fourth-order valence-corrected chi connectivity index (χ4v) is 1.52. The molecule has 0 aliphatic carbocycles. The van der Waals surface area contributed by atoms with Crippen molar-refractivity contribution in [3.63, 3.8) is 0 Å². The third-order valence-electron chi connectivity index (χ3n) is 2.29. The van der Waals surface area contributed by atoms with Gasteiger partial charge >= 0.3 is 6.09 Å². The van der Waals surface area contributed by atoms with E-state index in [1.165, 1.54) is 0 Å². The van der Waals surface area contributed by atoms with Gasteiger partial charge in [-0.3, -0.25) is 4.79 Å². The van der Waals surface area contributed by atoms with Crippen LogP contribution >= 0.6 is 0 Å². The molecular weight excluding hydrogens is 236 g/mol. The first-order valence-electron chi connectivity index (χ1n) is 5.59. The molecule has 0 aliphatic heterocycles. The van der Waals surface area contributed by atoms with Gasteiger partial charge in [-0.15, -0.1) is 0 Å². The minimum atomic E-state index is -0.862. The number of aromatic nitrogens is 1. The van der Waals surface area contributed by atoms with Crippen LogP contribution in [0.5, 0.6) is 0 Å². The first kappa shape index (κ1) is 13.9. The van der Waals surface area contributed by atoms with E-state index in [1.807, 2.05) is 13.8 Å². The third kappa shape index (κ3) is 3.69. The van der Waals surface area contributed by atoms with Crippen molar-refractivity contribution in [2.45, 2.75) is 19.9 Å². The molecule has 0 aromatic carbocycles. The Bertz CT molecular complexity index is 439. The zero-order valence-corrected chi connectivity index (χ0v) is 10.5. The molecule has 0 atom stereocenters. The molecule has 1 heterocycles. The number of carbonyl (C=O) groups excluding carboxylic acids is 2. The van der Waals surface area contributed by atoms with E-state index < -0.39 is 6.09 Å². The number of ether oxygens (including phenoxy) is 1. The number of nitrogen functional groups attached to an aromatic ring is 1. The summed E-state index contributed by atoms with van der Waals surface area (Å²) in [5, 5.41) is 2.61. The number of amides is 2. The monoisotopic (exact) mass is 254 g/mol. The lowest BCUT2D eigenvalue weighted by molar-refractivity contribution is 0.0926. The normalized spacial score (nSPS) is 10.4. The molecule has 0 bridgehead atoms. The van der Waals surface area contributed by atoms with E-state index >= 15 is 0 Å². The predicted octanol–water partition coefficient (Wildman–Crippen LogP) is 0.476. The van der Waals surface area contributed by atoms with Gasteiger partial charge < -0.3 is 26.1 Å². The minimum absolute atomic E-state index is 0.0406. The quantitative estimate of drug-likeness (QED) is 0.663. The van der Waals surface area contributed by atoms with E-state index in [4.69, 9.17) is 11.5 Å². The van der Waals surface area contributed by atoms with Gasteiger partial charge in [0.25, 0.3) is 5.91 Å². The highest BCUT2D eigenvalue weighted by Crippen LogP contribution is 2.16. The maximum absolute atomic E-state index is 11.9. The Labute approximate surface area is 105 Å². The summed E-state index contributed by atoms with van der Waals surface area (Å²) in [4.78, 5) is 22.2. The van der Waals surface area contributed by atoms with Crippen molar-refractivity contribution < 1.29 is 14.3 Å². The molecule has 18 heavy (non-hydrogen) atoms. The van der Waals surface area contributed by atoms with E-state index in [-0.39, 0.29) is 25.1 Å². The fourth-order valence-electron chi connectivity index (χ4n) is 1.52. The number of rotatable bonds is 5. The average molecular weight is 254 g/mol. The van der Waals surface area contributed by atoms with Crippen LogP contribution < -0.4 is 16.8 Å². The standard InChI is InChI=1S/C11H18N4O3/c1-7(2)15-6-8(12)5-9(15)10(16)14-3-4-18-11(13)17/h5-7H,3-4,12H2,1-2H3,(H2,13,17)(H,14,16). The second-order valence-electron chi connectivity index (χ2n) is 4.08. The lowest BCUT2D eigenvalue weighted by Gasteiger charge is -2.12. The Morgan fingerprint density at radius 2 is 2.17 bits per heavy atom. The summed E-state index contributed by atoms with van der Waals surface area (Å²) < 4.78 is 6.28. The van der Waals surface area contributed by atoms with Crippen LogP contribution in [0.3, 0.4) is 0 Å². The summed E-state index contributed by atoms with van der Waals surface area (Å²) in [7, 11) is 0. The number of hydrogen-bond acceptors (Lipinski definition) is 4. The maximum Gasteiger partial charge on any atom is 0.404 e. The van der Waals surface area contributed by atoms with Gasteiger partial charge in [-0.1, -0.05) is 0 Å². The molecule has 7 nitrogen and oxygen atoms in total. The number of primary amides is 1. The number of nitrogens with two attached hydrogens (primary N) is 2. The summed E-state index contributed by atoms with van der Waals surface area (Å²) in [6.45, 7) is 4.14. The van der Waals surface area contributed by atoms with Crippen molar-refractivity contribution >= 4 is 17.7 Å². The van der Waals surface area contributed by atoms with Crippen LogP contribution in [0.25, 0.3) is 0 Å². The Kier molecular flexibility index (Phi) is 4.59. The summed E-state index contributed by atoms with van der Waals surface area (Å²) >= 11 is 0. The van der Waals surface area contributed by atoms with E-state index in [9.17, 15) is 9.59 Å². The summed E-state index contributed by atoms with van der Waals surface area (Å²) in [6, 6.07) is 1.73. The van der Waals surface area contributed by atoms with Gasteiger partial charge in [0.2, 0.25) is 0 Å². The Hall–Kier alpha value is -2.18. The highest BCUT2D eigenvalue weighted by atomic mass is 16.5. The zero-order valence-electron chi connectivity index (χ0n) is 10.5. The molecule has 5 N–H and O–H groups in total. The molecule has 1 aromatic rings. The van der Waals surface area contributed by atoms with E-state index in [2.05, 4.69) is 10.1 Å². The fraction of sp³-hybridized carbons (Fsp3) is 0.455. The Balaban J connectivity index is 2.58. The SMILES string of the molecule is CC(C)n1cc(N)cc1C(=O)NCCOC(N)=O. The molecule has 0 radical (unpaired) electrons. The molecule has 1 rings (SSSR count). The number of nitrogens with zero attached hydrogens (tertiary/aromatic N) is 1. The second-order valence-corrected chi connectivity index (χ2v) is 4.08. The Morgan fingerprint density at radius 1 is 1.50 bits per heavy atom. The summed E-state index contributed by atoms with van der Waals surface area (Å²) in [6.07, 6.45) is 0.846. The molecule has 0 aliphatic rings. The van der Waals surface area contributed by atoms with Crippen molar-refractivity contribution in [2.75, 3.05) is 18.9 Å². The van der Waals surface area contributed by atoms with Crippen molar-refractivity contribution in [3.8, 4) is 0 Å². The molecule has 0 spiro atoms. The minimum Gasteiger partial charge on any atom is -0.448 e. The highest BCUT2D eigenvalue weighted by molar-refractivity contribution is 5.93. The second kappa shape index (κ2) is 5.95. The highest BCUT2D eigenvalue weighted by Gasteiger charge is 2.14. The van der Waals surface area contributed by atoms with Crippen LogP contribution in [-0.2, 0) is 4.74 Å². The van der Waals surface area contributed by atoms with Gasteiger partial charge in [0.1, 0.15) is 12.3 Å². The van der Waals surface area contributed by atoms with Crippen LogP contribution in [0.1, 0.15) is 30.4 Å². The third-order valence-corrected chi connectivity index (χ3v) is 2.29. The van der Waals surface area contributed by atoms with Crippen molar-refractivity contribution in [1.82, 2.24) is 9.88 Å². The van der Waals surface area contributed by atoms with Crippen LogP contribution in [0, 0.1) is 0 Å². The average Bonchev–Trinajstić information content (AvgIpc) is 2.66. The number of carbonyl (C=O) groups is 2. The molecule has 0 unspecified atom stereocenters. The van der Waals surface area contributed by atoms with E-state index in [1.54, 1.807) is 16.8 Å². The molecule has 0 fully saturated rings. The number of nitrogens with one attached hydrogen (secondary N) is 1. The van der Waals surface area contributed by atoms with E-state index in [0.29, 0.717) is 11.4 Å². The maximum atomic E-state index is 11.9. The van der Waals surface area contributed by atoms with E-state index in [0.717, 1.165) is 0 Å². The Morgan fingerprint density at radius 3 is 2.72 bits per heavy atom. The largest absolute Gasteiger partial charge is 0.448 e. The van der Waals surface area contributed by atoms with Crippen LogP contribution in [-0.4, -0.2) is 29.7 Å². The van der Waals surface area contributed by atoms with Gasteiger partial charge in [0, 0.05) is 12.2 Å². The number of hydrogen-bond donors (Lipinski definition) is 3. The van der Waals surface area contributed by atoms with Crippen LogP contribution in [0.4, 0.5) is 10.5 Å². The van der Waals surface area contributed by atoms with Crippen LogP contribution in [0.2, 0.25) is 0 Å². The molecule has 100 valence electrons. The lowest BCUT2D eigenvalue weighted by Crippen LogP contribution is -2.30. The van der Waals surface area contributed by atoms with Crippen LogP contribution in [0.15, 0.2) is 12.3 Å². The zero-order chi connectivity index (χ0) is 13.7.